The fourth-order valence-corrected chi connectivity index (χ4v) is 5.66. The topological polar surface area (TPSA) is 21.6 Å². The van der Waals surface area contributed by atoms with Gasteiger partial charge in [-0.25, -0.2) is 0 Å². The Bertz CT molecular complexity index is 1170. The molecular formula is C31H32NOP. The van der Waals surface area contributed by atoms with Crippen LogP contribution < -0.4 is 15.1 Å². The molecule has 0 saturated heterocycles. The third-order valence-corrected chi connectivity index (χ3v) is 7.65. The zero-order valence-electron chi connectivity index (χ0n) is 20.3. The molecule has 0 spiro atoms. The van der Waals surface area contributed by atoms with Gasteiger partial charge in [0, 0.05) is 16.8 Å². The van der Waals surface area contributed by atoms with E-state index in [0.29, 0.717) is 11.8 Å². The van der Waals surface area contributed by atoms with Crippen LogP contribution in [0.4, 0.5) is 5.69 Å². The van der Waals surface area contributed by atoms with Crippen LogP contribution in [0.15, 0.2) is 108 Å². The van der Waals surface area contributed by atoms with Crippen molar-refractivity contribution in [1.82, 2.24) is 0 Å². The highest BCUT2D eigenvalue weighted by Gasteiger charge is 2.17. The van der Waals surface area contributed by atoms with Crippen LogP contribution in [0, 0.1) is 0 Å². The quantitative estimate of drug-likeness (QED) is 0.190. The van der Waals surface area contributed by atoms with E-state index >= 15 is 0 Å². The molecule has 0 atom stereocenters. The lowest BCUT2D eigenvalue weighted by Crippen LogP contribution is -2.15. The third kappa shape index (κ3) is 5.82. The van der Waals surface area contributed by atoms with Gasteiger partial charge >= 0.3 is 0 Å². The fraction of sp³-hybridized carbons (Fsp3) is 0.194. The molecule has 0 unspecified atom stereocenters. The molecule has 0 aliphatic carbocycles. The molecule has 0 fully saturated rings. The molecule has 2 nitrogen and oxygen atoms in total. The Kier molecular flexibility index (Phi) is 7.93. The first kappa shape index (κ1) is 23.9. The largest absolute Gasteiger partial charge is 0.464 e. The summed E-state index contributed by atoms with van der Waals surface area (Å²) in [5.74, 6) is 1.69. The number of hydrogen-bond acceptors (Lipinski definition) is 2. The van der Waals surface area contributed by atoms with Crippen LogP contribution >= 0.6 is 8.15 Å². The molecular weight excluding hydrogens is 433 g/mol. The summed E-state index contributed by atoms with van der Waals surface area (Å²) in [4.78, 5) is 4.98. The monoisotopic (exact) mass is 465 g/mol. The Morgan fingerprint density at radius 2 is 1.18 bits per heavy atom. The van der Waals surface area contributed by atoms with E-state index in [-0.39, 0.29) is 0 Å². The van der Waals surface area contributed by atoms with Crippen LogP contribution in [-0.4, -0.2) is 6.21 Å². The summed E-state index contributed by atoms with van der Waals surface area (Å²) in [5.41, 5.74) is 4.69. The van der Waals surface area contributed by atoms with Crippen molar-refractivity contribution in [3.8, 4) is 5.75 Å². The standard InChI is InChI=1S/C31H32NOP/c1-23(2)29-19-12-20-30(24(3)4)31(29)32-22-25-13-11-14-26(21-25)33-34(27-15-7-5-8-16-27)28-17-9-6-10-18-28/h5-24H,1-4H3. The van der Waals surface area contributed by atoms with Crippen molar-refractivity contribution in [1.29, 1.82) is 0 Å². The van der Waals surface area contributed by atoms with E-state index in [2.05, 4.69) is 107 Å². The predicted molar refractivity (Wildman–Crippen MR) is 148 cm³/mol. The van der Waals surface area contributed by atoms with Crippen molar-refractivity contribution in [3.63, 3.8) is 0 Å². The minimum atomic E-state index is -0.965. The van der Waals surface area contributed by atoms with E-state index in [9.17, 15) is 0 Å². The molecule has 0 aliphatic rings. The summed E-state index contributed by atoms with van der Waals surface area (Å²) in [6.45, 7) is 8.90. The van der Waals surface area contributed by atoms with E-state index in [1.807, 2.05) is 30.5 Å². The van der Waals surface area contributed by atoms with E-state index in [0.717, 1.165) is 17.0 Å². The SMILES string of the molecule is CC(C)c1cccc(C(C)C)c1N=Cc1cccc(OP(c2ccccc2)c2ccccc2)c1. The van der Waals surface area contributed by atoms with Gasteiger partial charge in [-0.2, -0.15) is 0 Å². The second-order valence-corrected chi connectivity index (χ2v) is 10.8. The molecule has 0 radical (unpaired) electrons. The summed E-state index contributed by atoms with van der Waals surface area (Å²) in [7, 11) is -0.965. The lowest BCUT2D eigenvalue weighted by Gasteiger charge is -2.19. The van der Waals surface area contributed by atoms with Crippen LogP contribution in [0.3, 0.4) is 0 Å². The zero-order valence-corrected chi connectivity index (χ0v) is 21.2. The maximum Gasteiger partial charge on any atom is 0.150 e. The molecule has 0 bridgehead atoms. The lowest BCUT2D eigenvalue weighted by atomic mass is 9.93. The van der Waals surface area contributed by atoms with Gasteiger partial charge in [0.2, 0.25) is 0 Å². The van der Waals surface area contributed by atoms with Gasteiger partial charge in [0.25, 0.3) is 0 Å². The fourth-order valence-electron chi connectivity index (χ4n) is 3.94. The van der Waals surface area contributed by atoms with Crippen molar-refractivity contribution in [3.05, 3.63) is 120 Å². The Labute approximate surface area is 205 Å². The molecule has 0 amide bonds. The molecule has 0 saturated carbocycles. The highest BCUT2D eigenvalue weighted by molar-refractivity contribution is 7.68. The number of aliphatic imine (C=N–C) groups is 1. The van der Waals surface area contributed by atoms with Crippen LogP contribution in [-0.2, 0) is 0 Å². The second kappa shape index (κ2) is 11.3. The lowest BCUT2D eigenvalue weighted by molar-refractivity contribution is 0.629. The number of rotatable bonds is 8. The van der Waals surface area contributed by atoms with Gasteiger partial charge in [-0.15, -0.1) is 0 Å². The molecule has 3 heteroatoms. The summed E-state index contributed by atoms with van der Waals surface area (Å²) in [6.07, 6.45) is 1.97. The maximum atomic E-state index is 6.61. The minimum absolute atomic E-state index is 0.417. The molecule has 172 valence electrons. The molecule has 4 aromatic rings. The molecule has 0 aromatic heterocycles. The molecule has 4 aromatic carbocycles. The minimum Gasteiger partial charge on any atom is -0.464 e. The number of hydrogen-bond donors (Lipinski definition) is 0. The molecule has 4 rings (SSSR count). The van der Waals surface area contributed by atoms with Crippen LogP contribution in [0.1, 0.15) is 56.2 Å². The maximum absolute atomic E-state index is 6.61. The van der Waals surface area contributed by atoms with Crippen molar-refractivity contribution in [2.45, 2.75) is 39.5 Å². The average Bonchev–Trinajstić information content (AvgIpc) is 2.87. The summed E-state index contributed by atoms with van der Waals surface area (Å²) in [5, 5.41) is 2.38. The van der Waals surface area contributed by atoms with E-state index < -0.39 is 8.15 Å². The Morgan fingerprint density at radius 1 is 0.647 bits per heavy atom. The summed E-state index contributed by atoms with van der Waals surface area (Å²) < 4.78 is 6.61. The van der Waals surface area contributed by atoms with Crippen LogP contribution in [0.5, 0.6) is 5.75 Å². The normalized spacial score (nSPS) is 11.6. The van der Waals surface area contributed by atoms with Gasteiger partial charge < -0.3 is 4.52 Å². The van der Waals surface area contributed by atoms with E-state index in [4.69, 9.17) is 9.52 Å². The summed E-state index contributed by atoms with van der Waals surface area (Å²) in [6, 6.07) is 35.7. The number of benzene rings is 4. The van der Waals surface area contributed by atoms with Gasteiger partial charge in [0.15, 0.2) is 8.15 Å². The second-order valence-electron chi connectivity index (χ2n) is 8.98. The zero-order chi connectivity index (χ0) is 23.9. The number of nitrogens with zero attached hydrogens (tertiary/aromatic N) is 1. The molecule has 34 heavy (non-hydrogen) atoms. The Balaban J connectivity index is 1.65. The van der Waals surface area contributed by atoms with Gasteiger partial charge in [-0.05, 0) is 40.7 Å². The van der Waals surface area contributed by atoms with Crippen molar-refractivity contribution < 1.29 is 4.52 Å². The van der Waals surface area contributed by atoms with Crippen molar-refractivity contribution in [2.24, 2.45) is 4.99 Å². The first-order valence-electron chi connectivity index (χ1n) is 11.9. The first-order valence-corrected chi connectivity index (χ1v) is 13.1. The third-order valence-electron chi connectivity index (χ3n) is 5.72. The van der Waals surface area contributed by atoms with Gasteiger partial charge in [-0.3, -0.25) is 4.99 Å². The Morgan fingerprint density at radius 3 is 1.71 bits per heavy atom. The van der Waals surface area contributed by atoms with E-state index in [1.165, 1.54) is 21.7 Å². The molecule has 0 heterocycles. The van der Waals surface area contributed by atoms with Crippen molar-refractivity contribution in [2.75, 3.05) is 0 Å². The molecule has 0 aliphatic heterocycles. The average molecular weight is 466 g/mol. The predicted octanol–water partition coefficient (Wildman–Crippen LogP) is 8.11. The van der Waals surface area contributed by atoms with Crippen molar-refractivity contribution >= 4 is 30.7 Å². The van der Waals surface area contributed by atoms with E-state index in [1.54, 1.807) is 0 Å². The first-order chi connectivity index (χ1) is 16.5. The summed E-state index contributed by atoms with van der Waals surface area (Å²) >= 11 is 0. The van der Waals surface area contributed by atoms with Gasteiger partial charge in [-0.1, -0.05) is 119 Å². The number of para-hydroxylation sites is 1. The Hall–Kier alpha value is -3.22. The van der Waals surface area contributed by atoms with Gasteiger partial charge in [0.05, 0.1) is 5.69 Å². The molecule has 0 N–H and O–H groups in total. The highest BCUT2D eigenvalue weighted by atomic mass is 31.1. The van der Waals surface area contributed by atoms with Crippen LogP contribution in [0.2, 0.25) is 0 Å². The highest BCUT2D eigenvalue weighted by Crippen LogP contribution is 2.37. The smallest absolute Gasteiger partial charge is 0.150 e. The van der Waals surface area contributed by atoms with Gasteiger partial charge in [0.1, 0.15) is 5.75 Å². The van der Waals surface area contributed by atoms with Crippen LogP contribution in [0.25, 0.3) is 0 Å².